The van der Waals surface area contributed by atoms with Gasteiger partial charge in [-0.3, -0.25) is 0 Å². The summed E-state index contributed by atoms with van der Waals surface area (Å²) in [6.45, 7) is 1.26. The van der Waals surface area contributed by atoms with E-state index in [4.69, 9.17) is 11.5 Å². The monoisotopic (exact) mass is 292 g/mol. The molecule has 4 N–H and O–H groups in total. The van der Waals surface area contributed by atoms with E-state index in [1.54, 1.807) is 0 Å². The minimum atomic E-state index is 0.618. The minimum Gasteiger partial charge on any atom is -0.326 e. The van der Waals surface area contributed by atoms with E-state index in [1.165, 1.54) is 11.1 Å². The Bertz CT molecular complexity index is 412. The van der Waals surface area contributed by atoms with E-state index in [0.717, 1.165) is 4.47 Å². The molecule has 0 radical (unpaired) electrons. The van der Waals surface area contributed by atoms with Crippen LogP contribution in [0.2, 0.25) is 0 Å². The number of benzene rings is 2. The number of hydrogen-bond donors (Lipinski definition) is 2. The van der Waals surface area contributed by atoms with Crippen molar-refractivity contribution < 1.29 is 0 Å². The van der Waals surface area contributed by atoms with Crippen molar-refractivity contribution in [2.45, 2.75) is 13.1 Å². The summed E-state index contributed by atoms with van der Waals surface area (Å²) in [6.07, 6.45) is 0. The molecule has 0 aliphatic carbocycles. The molecule has 0 amide bonds. The molecule has 0 heterocycles. The lowest BCUT2D eigenvalue weighted by molar-refractivity contribution is 1.07. The van der Waals surface area contributed by atoms with Crippen molar-refractivity contribution in [3.05, 3.63) is 70.2 Å². The quantitative estimate of drug-likeness (QED) is 0.894. The van der Waals surface area contributed by atoms with Crippen LogP contribution < -0.4 is 11.5 Å². The molecule has 0 saturated carbocycles. The summed E-state index contributed by atoms with van der Waals surface area (Å²) in [5, 5.41) is 0. The maximum absolute atomic E-state index is 5.38. The average molecular weight is 293 g/mol. The van der Waals surface area contributed by atoms with Crippen molar-refractivity contribution >= 4 is 15.9 Å². The van der Waals surface area contributed by atoms with Gasteiger partial charge in [-0.15, -0.1) is 0 Å². The second kappa shape index (κ2) is 8.01. The summed E-state index contributed by atoms with van der Waals surface area (Å²) in [4.78, 5) is 0. The molecular formula is C14H17BrN2. The lowest BCUT2D eigenvalue weighted by Crippen LogP contribution is -1.94. The van der Waals surface area contributed by atoms with Gasteiger partial charge in [0.2, 0.25) is 0 Å². The maximum atomic E-state index is 5.38. The van der Waals surface area contributed by atoms with Crippen LogP contribution in [0.1, 0.15) is 11.1 Å². The molecule has 0 unspecified atom stereocenters. The first kappa shape index (κ1) is 13.9. The molecule has 2 rings (SSSR count). The predicted octanol–water partition coefficient (Wildman–Crippen LogP) is 3.05. The molecule has 0 aliphatic heterocycles. The van der Waals surface area contributed by atoms with E-state index in [1.807, 2.05) is 54.6 Å². The zero-order valence-electron chi connectivity index (χ0n) is 9.64. The van der Waals surface area contributed by atoms with Gasteiger partial charge in [-0.2, -0.15) is 0 Å². The highest BCUT2D eigenvalue weighted by molar-refractivity contribution is 9.10. The van der Waals surface area contributed by atoms with Crippen molar-refractivity contribution in [1.29, 1.82) is 0 Å². The van der Waals surface area contributed by atoms with Gasteiger partial charge in [0.25, 0.3) is 0 Å². The molecule has 2 nitrogen and oxygen atoms in total. The average Bonchev–Trinajstić information content (AvgIpc) is 2.41. The summed E-state index contributed by atoms with van der Waals surface area (Å²) in [6, 6.07) is 18.0. The third-order valence-corrected chi connectivity index (χ3v) is 2.76. The fraction of sp³-hybridized carbons (Fsp3) is 0.143. The van der Waals surface area contributed by atoms with Gasteiger partial charge in [0, 0.05) is 17.6 Å². The van der Waals surface area contributed by atoms with Crippen LogP contribution >= 0.6 is 15.9 Å². The number of halogens is 1. The first-order valence-corrected chi connectivity index (χ1v) is 6.24. The summed E-state index contributed by atoms with van der Waals surface area (Å²) in [7, 11) is 0. The molecule has 0 bridgehead atoms. The fourth-order valence-corrected chi connectivity index (χ4v) is 1.50. The van der Waals surface area contributed by atoms with Crippen LogP contribution in [0.5, 0.6) is 0 Å². The van der Waals surface area contributed by atoms with Crippen molar-refractivity contribution in [2.75, 3.05) is 0 Å². The van der Waals surface area contributed by atoms with Crippen LogP contribution in [-0.2, 0) is 13.1 Å². The van der Waals surface area contributed by atoms with Crippen LogP contribution in [-0.4, -0.2) is 0 Å². The molecule has 90 valence electrons. The van der Waals surface area contributed by atoms with Gasteiger partial charge >= 0.3 is 0 Å². The summed E-state index contributed by atoms with van der Waals surface area (Å²) < 4.78 is 1.10. The van der Waals surface area contributed by atoms with Crippen molar-refractivity contribution in [3.63, 3.8) is 0 Å². The molecule has 0 atom stereocenters. The summed E-state index contributed by atoms with van der Waals surface area (Å²) in [5.41, 5.74) is 13.1. The third-order valence-electron chi connectivity index (χ3n) is 2.23. The lowest BCUT2D eigenvalue weighted by atomic mass is 10.2. The summed E-state index contributed by atoms with van der Waals surface area (Å²) in [5.74, 6) is 0. The van der Waals surface area contributed by atoms with E-state index >= 15 is 0 Å². The standard InChI is InChI=1S/C7H8BrN.C7H9N/c8-7-3-1-6(5-9)2-4-7;8-6-7-4-2-1-3-5-7/h1-4H,5,9H2;1-5H,6,8H2. The van der Waals surface area contributed by atoms with Crippen LogP contribution in [0, 0.1) is 0 Å². The Labute approximate surface area is 111 Å². The largest absolute Gasteiger partial charge is 0.326 e. The van der Waals surface area contributed by atoms with Gasteiger partial charge in [-0.1, -0.05) is 58.4 Å². The fourth-order valence-electron chi connectivity index (χ4n) is 1.23. The van der Waals surface area contributed by atoms with Gasteiger partial charge in [0.05, 0.1) is 0 Å². The molecule has 3 heteroatoms. The van der Waals surface area contributed by atoms with E-state index in [9.17, 15) is 0 Å². The second-order valence-electron chi connectivity index (χ2n) is 3.52. The van der Waals surface area contributed by atoms with Gasteiger partial charge in [-0.05, 0) is 23.3 Å². The molecular weight excluding hydrogens is 276 g/mol. The molecule has 0 aromatic heterocycles. The SMILES string of the molecule is NCc1ccc(Br)cc1.NCc1ccccc1. The van der Waals surface area contributed by atoms with Gasteiger partial charge < -0.3 is 11.5 Å². The Morgan fingerprint density at radius 2 is 1.18 bits per heavy atom. The highest BCUT2D eigenvalue weighted by atomic mass is 79.9. The van der Waals surface area contributed by atoms with Gasteiger partial charge in [0.1, 0.15) is 0 Å². The molecule has 2 aromatic carbocycles. The van der Waals surface area contributed by atoms with E-state index < -0.39 is 0 Å². The maximum Gasteiger partial charge on any atom is 0.0178 e. The Kier molecular flexibility index (Phi) is 6.55. The number of nitrogens with two attached hydrogens (primary N) is 2. The van der Waals surface area contributed by atoms with Crippen LogP contribution in [0.25, 0.3) is 0 Å². The van der Waals surface area contributed by atoms with E-state index in [-0.39, 0.29) is 0 Å². The van der Waals surface area contributed by atoms with Crippen LogP contribution in [0.15, 0.2) is 59.1 Å². The topological polar surface area (TPSA) is 52.0 Å². The van der Waals surface area contributed by atoms with Crippen molar-refractivity contribution in [2.24, 2.45) is 11.5 Å². The van der Waals surface area contributed by atoms with Gasteiger partial charge in [-0.25, -0.2) is 0 Å². The Hall–Kier alpha value is -1.16. The van der Waals surface area contributed by atoms with Crippen molar-refractivity contribution in [1.82, 2.24) is 0 Å². The second-order valence-corrected chi connectivity index (χ2v) is 4.44. The predicted molar refractivity (Wildman–Crippen MR) is 76.4 cm³/mol. The molecule has 17 heavy (non-hydrogen) atoms. The third kappa shape index (κ3) is 5.63. The Morgan fingerprint density at radius 3 is 1.59 bits per heavy atom. The van der Waals surface area contributed by atoms with Gasteiger partial charge in [0.15, 0.2) is 0 Å². The minimum absolute atomic E-state index is 0.618. The van der Waals surface area contributed by atoms with Crippen LogP contribution in [0.3, 0.4) is 0 Å². The highest BCUT2D eigenvalue weighted by Crippen LogP contribution is 2.09. The van der Waals surface area contributed by atoms with Crippen LogP contribution in [0.4, 0.5) is 0 Å². The Balaban J connectivity index is 0.000000171. The van der Waals surface area contributed by atoms with E-state index in [0.29, 0.717) is 13.1 Å². The molecule has 0 aliphatic rings. The lowest BCUT2D eigenvalue weighted by Gasteiger charge is -1.93. The van der Waals surface area contributed by atoms with E-state index in [2.05, 4.69) is 15.9 Å². The van der Waals surface area contributed by atoms with Crippen molar-refractivity contribution in [3.8, 4) is 0 Å². The molecule has 0 spiro atoms. The molecule has 0 fully saturated rings. The smallest absolute Gasteiger partial charge is 0.0178 e. The molecule has 2 aromatic rings. The Morgan fingerprint density at radius 1 is 0.706 bits per heavy atom. The highest BCUT2D eigenvalue weighted by Gasteiger charge is 1.86. The zero-order chi connectivity index (χ0) is 12.5. The first-order chi connectivity index (χ1) is 8.26. The first-order valence-electron chi connectivity index (χ1n) is 5.44. The number of hydrogen-bond acceptors (Lipinski definition) is 2. The normalized spacial score (nSPS) is 9.35. The number of rotatable bonds is 2. The molecule has 0 saturated heterocycles. The zero-order valence-corrected chi connectivity index (χ0v) is 11.2. The summed E-state index contributed by atoms with van der Waals surface area (Å²) >= 11 is 3.33.